The summed E-state index contributed by atoms with van der Waals surface area (Å²) in [6.07, 6.45) is 2.46. The topological polar surface area (TPSA) is 61.0 Å². The molecule has 84 valence electrons. The Morgan fingerprint density at radius 1 is 1.67 bits per heavy atom. The molecule has 0 aliphatic heterocycles. The van der Waals surface area contributed by atoms with E-state index in [-0.39, 0.29) is 5.56 Å². The van der Waals surface area contributed by atoms with Crippen molar-refractivity contribution in [2.24, 2.45) is 0 Å². The number of aromatic amines is 1. The molecule has 0 aliphatic carbocycles. The molecule has 0 radical (unpaired) electrons. The van der Waals surface area contributed by atoms with Gasteiger partial charge < -0.3 is 15.2 Å². The highest BCUT2D eigenvalue weighted by Gasteiger charge is 2.09. The highest BCUT2D eigenvalue weighted by atomic mass is 127. The van der Waals surface area contributed by atoms with E-state index in [0.29, 0.717) is 3.57 Å². The Morgan fingerprint density at radius 2 is 2.40 bits per heavy atom. The number of anilines is 1. The lowest BCUT2D eigenvalue weighted by Gasteiger charge is -2.18. The maximum Gasteiger partial charge on any atom is 0.266 e. The molecule has 15 heavy (non-hydrogen) atoms. The Bertz CT molecular complexity index is 365. The summed E-state index contributed by atoms with van der Waals surface area (Å²) < 4.78 is 0.641. The number of H-pyrrole nitrogens is 1. The first-order valence-electron chi connectivity index (χ1n) is 4.75. The number of halogens is 1. The van der Waals surface area contributed by atoms with Crippen molar-refractivity contribution in [1.29, 1.82) is 0 Å². The fourth-order valence-electron chi connectivity index (χ4n) is 1.24. The quantitative estimate of drug-likeness (QED) is 0.609. The van der Waals surface area contributed by atoms with E-state index >= 15 is 0 Å². The molecule has 0 unspecified atom stereocenters. The van der Waals surface area contributed by atoms with Crippen LogP contribution in [0.15, 0.2) is 11.1 Å². The molecule has 1 heterocycles. The monoisotopic (exact) mass is 322 g/mol. The van der Waals surface area contributed by atoms with Crippen molar-refractivity contribution in [3.8, 4) is 0 Å². The molecule has 0 saturated heterocycles. The van der Waals surface area contributed by atoms with Gasteiger partial charge in [-0.25, -0.2) is 4.98 Å². The molecule has 1 aromatic rings. The highest BCUT2D eigenvalue weighted by molar-refractivity contribution is 14.1. The average molecular weight is 322 g/mol. The Labute approximate surface area is 102 Å². The molecule has 1 aromatic heterocycles. The van der Waals surface area contributed by atoms with Crippen molar-refractivity contribution < 1.29 is 0 Å². The summed E-state index contributed by atoms with van der Waals surface area (Å²) in [6, 6.07) is 0. The first kappa shape index (κ1) is 12.4. The van der Waals surface area contributed by atoms with Crippen LogP contribution < -0.4 is 15.8 Å². The van der Waals surface area contributed by atoms with Gasteiger partial charge in [-0.3, -0.25) is 4.79 Å². The molecular formula is C9H15IN4O. The average Bonchev–Trinajstić information content (AvgIpc) is 2.22. The predicted octanol–water partition coefficient (Wildman–Crippen LogP) is 0.420. The lowest BCUT2D eigenvalue weighted by molar-refractivity contribution is 0.707. The van der Waals surface area contributed by atoms with Gasteiger partial charge in [0, 0.05) is 13.6 Å². The third-order valence-electron chi connectivity index (χ3n) is 2.06. The molecule has 2 N–H and O–H groups in total. The van der Waals surface area contributed by atoms with Crippen LogP contribution in [-0.4, -0.2) is 37.2 Å². The van der Waals surface area contributed by atoms with Crippen LogP contribution >= 0.6 is 22.6 Å². The molecule has 0 spiro atoms. The van der Waals surface area contributed by atoms with Crippen LogP contribution in [0.25, 0.3) is 0 Å². The molecule has 1 rings (SSSR count). The molecule has 6 heteroatoms. The fraction of sp³-hybridized carbons (Fsp3) is 0.556. The molecular weight excluding hydrogens is 307 g/mol. The third kappa shape index (κ3) is 3.45. The Kier molecular flexibility index (Phi) is 5.03. The number of hydrogen-bond acceptors (Lipinski definition) is 4. The Hall–Kier alpha value is -0.630. The smallest absolute Gasteiger partial charge is 0.266 e. The van der Waals surface area contributed by atoms with Gasteiger partial charge in [0.15, 0.2) is 0 Å². The minimum absolute atomic E-state index is 0.0823. The van der Waals surface area contributed by atoms with Gasteiger partial charge in [-0.15, -0.1) is 0 Å². The van der Waals surface area contributed by atoms with Crippen LogP contribution in [0.2, 0.25) is 0 Å². The standard InChI is InChI=1S/C9H15IN4O/c1-11-4-3-5-14(2)8-7(10)9(15)13-6-12-8/h6,11H,3-5H2,1-2H3,(H,12,13,15). The molecule has 0 atom stereocenters. The van der Waals surface area contributed by atoms with Gasteiger partial charge in [-0.1, -0.05) is 0 Å². The molecule has 5 nitrogen and oxygen atoms in total. The van der Waals surface area contributed by atoms with Crippen LogP contribution in [0.5, 0.6) is 0 Å². The molecule has 0 bridgehead atoms. The third-order valence-corrected chi connectivity index (χ3v) is 3.03. The predicted molar refractivity (Wildman–Crippen MR) is 69.4 cm³/mol. The van der Waals surface area contributed by atoms with Crippen molar-refractivity contribution in [3.05, 3.63) is 20.3 Å². The second-order valence-corrected chi connectivity index (χ2v) is 4.33. The SMILES string of the molecule is CNCCCN(C)c1nc[nH]c(=O)c1I. The molecule has 0 fully saturated rings. The van der Waals surface area contributed by atoms with E-state index in [2.05, 4.69) is 15.3 Å². The van der Waals surface area contributed by atoms with E-state index in [1.54, 1.807) is 0 Å². The van der Waals surface area contributed by atoms with Crippen molar-refractivity contribution in [1.82, 2.24) is 15.3 Å². The van der Waals surface area contributed by atoms with E-state index in [0.717, 1.165) is 25.3 Å². The van der Waals surface area contributed by atoms with Crippen LogP contribution in [-0.2, 0) is 0 Å². The van der Waals surface area contributed by atoms with E-state index in [4.69, 9.17) is 0 Å². The van der Waals surface area contributed by atoms with Gasteiger partial charge in [0.25, 0.3) is 5.56 Å². The van der Waals surface area contributed by atoms with E-state index < -0.39 is 0 Å². The molecule has 0 aliphatic rings. The zero-order chi connectivity index (χ0) is 11.3. The maximum absolute atomic E-state index is 11.3. The molecule has 0 amide bonds. The minimum Gasteiger partial charge on any atom is -0.359 e. The number of hydrogen-bond donors (Lipinski definition) is 2. The van der Waals surface area contributed by atoms with Gasteiger partial charge in [-0.05, 0) is 42.6 Å². The summed E-state index contributed by atoms with van der Waals surface area (Å²) >= 11 is 2.02. The van der Waals surface area contributed by atoms with E-state index in [1.807, 2.05) is 41.6 Å². The first-order valence-corrected chi connectivity index (χ1v) is 5.83. The summed E-state index contributed by atoms with van der Waals surface area (Å²) in [6.45, 7) is 1.84. The van der Waals surface area contributed by atoms with E-state index in [1.165, 1.54) is 6.33 Å². The molecule has 0 saturated carbocycles. The Balaban J connectivity index is 2.69. The minimum atomic E-state index is -0.0823. The lowest BCUT2D eigenvalue weighted by Crippen LogP contribution is -2.26. The van der Waals surface area contributed by atoms with E-state index in [9.17, 15) is 4.79 Å². The van der Waals surface area contributed by atoms with Crippen LogP contribution in [0, 0.1) is 3.57 Å². The van der Waals surface area contributed by atoms with Crippen molar-refractivity contribution in [2.75, 3.05) is 32.1 Å². The summed E-state index contributed by atoms with van der Waals surface area (Å²) in [5.74, 6) is 0.746. The summed E-state index contributed by atoms with van der Waals surface area (Å²) in [7, 11) is 3.87. The summed E-state index contributed by atoms with van der Waals surface area (Å²) in [5.41, 5.74) is -0.0823. The highest BCUT2D eigenvalue weighted by Crippen LogP contribution is 2.13. The first-order chi connectivity index (χ1) is 7.16. The summed E-state index contributed by atoms with van der Waals surface area (Å²) in [4.78, 5) is 20.0. The van der Waals surface area contributed by atoms with Crippen LogP contribution in [0.4, 0.5) is 5.82 Å². The second-order valence-electron chi connectivity index (χ2n) is 3.25. The number of nitrogens with zero attached hydrogens (tertiary/aromatic N) is 2. The van der Waals surface area contributed by atoms with Crippen molar-refractivity contribution >= 4 is 28.4 Å². The van der Waals surface area contributed by atoms with Crippen molar-refractivity contribution in [2.45, 2.75) is 6.42 Å². The number of nitrogens with one attached hydrogen (secondary N) is 2. The van der Waals surface area contributed by atoms with Gasteiger partial charge in [0.1, 0.15) is 9.39 Å². The number of aromatic nitrogens is 2. The Morgan fingerprint density at radius 3 is 3.07 bits per heavy atom. The fourth-order valence-corrected chi connectivity index (χ4v) is 1.95. The maximum atomic E-state index is 11.3. The van der Waals surface area contributed by atoms with Gasteiger partial charge in [0.05, 0.1) is 6.33 Å². The largest absolute Gasteiger partial charge is 0.359 e. The zero-order valence-corrected chi connectivity index (χ0v) is 11.0. The normalized spacial score (nSPS) is 10.3. The second kappa shape index (κ2) is 6.06. The summed E-state index contributed by atoms with van der Waals surface area (Å²) in [5, 5.41) is 3.08. The lowest BCUT2D eigenvalue weighted by atomic mass is 10.4. The number of rotatable bonds is 5. The van der Waals surface area contributed by atoms with Gasteiger partial charge in [-0.2, -0.15) is 0 Å². The van der Waals surface area contributed by atoms with Crippen LogP contribution in [0.1, 0.15) is 6.42 Å². The molecule has 0 aromatic carbocycles. The van der Waals surface area contributed by atoms with Gasteiger partial charge in [0.2, 0.25) is 0 Å². The van der Waals surface area contributed by atoms with Crippen molar-refractivity contribution in [3.63, 3.8) is 0 Å². The zero-order valence-electron chi connectivity index (χ0n) is 8.88. The van der Waals surface area contributed by atoms with Gasteiger partial charge >= 0.3 is 0 Å². The van der Waals surface area contributed by atoms with Crippen LogP contribution in [0.3, 0.4) is 0 Å².